The number of hydrogen-bond acceptors (Lipinski definition) is 0. The van der Waals surface area contributed by atoms with Gasteiger partial charge in [-0.05, 0) is 28.4 Å². The van der Waals surface area contributed by atoms with E-state index in [9.17, 15) is 26.3 Å². The van der Waals surface area contributed by atoms with Crippen LogP contribution in [-0.4, -0.2) is 3.21 Å². The van der Waals surface area contributed by atoms with E-state index in [1.54, 1.807) is 0 Å². The van der Waals surface area contributed by atoms with E-state index in [-0.39, 0.29) is 35.6 Å². The van der Waals surface area contributed by atoms with Gasteiger partial charge < -0.3 is 24.8 Å². The van der Waals surface area contributed by atoms with Gasteiger partial charge in [0, 0.05) is 0 Å². The van der Waals surface area contributed by atoms with E-state index in [1.165, 1.54) is 57.6 Å². The van der Waals surface area contributed by atoms with Crippen molar-refractivity contribution in [3.05, 3.63) is 160 Å². The molecule has 0 bridgehead atoms. The van der Waals surface area contributed by atoms with Gasteiger partial charge in [0.2, 0.25) is 0 Å². The molecular formula is C41H38Cl2F6Zr-2. The van der Waals surface area contributed by atoms with E-state index >= 15 is 0 Å². The molecule has 5 aromatic carbocycles. The zero-order chi connectivity index (χ0) is 35.5. The molecule has 0 heterocycles. The average molecular weight is 807 g/mol. The number of halogens is 8. The maximum atomic E-state index is 12.5. The van der Waals surface area contributed by atoms with Crippen LogP contribution in [0, 0.1) is 6.07 Å². The first kappa shape index (κ1) is 43.3. The number of hydrogen-bond donors (Lipinski definition) is 0. The Morgan fingerprint density at radius 3 is 1.42 bits per heavy atom. The Morgan fingerprint density at radius 1 is 0.600 bits per heavy atom. The van der Waals surface area contributed by atoms with Crippen LogP contribution < -0.4 is 24.8 Å². The first-order chi connectivity index (χ1) is 22.2. The van der Waals surface area contributed by atoms with Crippen molar-refractivity contribution in [2.75, 3.05) is 0 Å². The fourth-order valence-corrected chi connectivity index (χ4v) is 5.99. The molecule has 5 aromatic rings. The summed E-state index contributed by atoms with van der Waals surface area (Å²) < 4.78 is 75.6. The summed E-state index contributed by atoms with van der Waals surface area (Å²) in [4.78, 5) is 0. The van der Waals surface area contributed by atoms with Crippen molar-refractivity contribution in [3.63, 3.8) is 0 Å². The predicted molar refractivity (Wildman–Crippen MR) is 179 cm³/mol. The molecule has 0 radical (unpaired) electrons. The van der Waals surface area contributed by atoms with Gasteiger partial charge in [-0.15, -0.1) is 11.1 Å². The standard InChI is InChI=1S/C21H25.C15H8F6.C5H5.2ClH.Zr/c1-20(2,3)16-7-9-18-14(12-16)11-15-13-17(21(4,5)6)8-10-19(15)18;16-14(17,18)12-5-1-10(2-6-12)9-11-3-7-13(8-4-11)15(19,20)21;1-2-4-5-3-1;;;/h7-10,12H,11H2,1-6H3;1-8H;1-5H;2*1H;/q-1;;-1;;;+2/p-2. The smallest absolute Gasteiger partial charge is 0.172 e. The summed E-state index contributed by atoms with van der Waals surface area (Å²) in [6, 6.07) is 34.3. The molecule has 6 rings (SSSR count). The molecule has 0 spiro atoms. The summed E-state index contributed by atoms with van der Waals surface area (Å²) in [6.07, 6.45) is -7.79. The molecular weight excluding hydrogens is 769 g/mol. The molecule has 50 heavy (non-hydrogen) atoms. The van der Waals surface area contributed by atoms with Crippen LogP contribution in [0.2, 0.25) is 0 Å². The minimum atomic E-state index is -4.41. The van der Waals surface area contributed by atoms with Gasteiger partial charge in [0.1, 0.15) is 0 Å². The molecule has 0 aliphatic heterocycles. The van der Waals surface area contributed by atoms with Crippen LogP contribution in [0.4, 0.5) is 26.3 Å². The number of benzene rings is 4. The zero-order valence-corrected chi connectivity index (χ0v) is 32.6. The molecule has 0 atom stereocenters. The molecule has 0 N–H and O–H groups in total. The zero-order valence-electron chi connectivity index (χ0n) is 28.6. The van der Waals surface area contributed by atoms with Crippen LogP contribution >= 0.6 is 0 Å². The molecule has 0 saturated carbocycles. The molecule has 0 saturated heterocycles. The second kappa shape index (κ2) is 17.1. The molecule has 0 aromatic heterocycles. The first-order valence-corrected chi connectivity index (χ1v) is 16.8. The normalized spacial score (nSPS) is 12.1. The van der Waals surface area contributed by atoms with Crippen LogP contribution in [0.15, 0.2) is 109 Å². The van der Waals surface area contributed by atoms with Crippen molar-refractivity contribution < 1.29 is 75.4 Å². The minimum Gasteiger partial charge on any atom is -1.00 e. The number of alkyl halides is 6. The van der Waals surface area contributed by atoms with E-state index < -0.39 is 23.5 Å². The van der Waals surface area contributed by atoms with E-state index in [1.807, 2.05) is 30.3 Å². The summed E-state index contributed by atoms with van der Waals surface area (Å²) in [5.41, 5.74) is 8.31. The molecule has 0 nitrogen and oxygen atoms in total. The molecule has 1 aliphatic rings. The van der Waals surface area contributed by atoms with Crippen LogP contribution in [0.3, 0.4) is 0 Å². The van der Waals surface area contributed by atoms with E-state index in [4.69, 9.17) is 0 Å². The average Bonchev–Trinajstić information content (AvgIpc) is 3.71. The van der Waals surface area contributed by atoms with Crippen molar-refractivity contribution in [1.82, 2.24) is 0 Å². The van der Waals surface area contributed by atoms with Crippen LogP contribution in [0.5, 0.6) is 0 Å². The summed E-state index contributed by atoms with van der Waals surface area (Å²) in [5.74, 6) is 0. The van der Waals surface area contributed by atoms with E-state index in [0.717, 1.165) is 54.9 Å². The Hall–Kier alpha value is -2.86. The Balaban J connectivity index is 0.000000293. The summed E-state index contributed by atoms with van der Waals surface area (Å²) in [7, 11) is 0. The molecule has 0 fully saturated rings. The van der Waals surface area contributed by atoms with Gasteiger partial charge in [-0.1, -0.05) is 65.3 Å². The third-order valence-electron chi connectivity index (χ3n) is 8.02. The Morgan fingerprint density at radius 2 is 1.04 bits per heavy atom. The van der Waals surface area contributed by atoms with Crippen LogP contribution in [0.25, 0.3) is 11.1 Å². The van der Waals surface area contributed by atoms with Gasteiger partial charge >= 0.3 is 137 Å². The molecule has 0 unspecified atom stereocenters. The van der Waals surface area contributed by atoms with Crippen molar-refractivity contribution in [1.29, 1.82) is 0 Å². The second-order valence-corrected chi connectivity index (χ2v) is 15.0. The van der Waals surface area contributed by atoms with Crippen molar-refractivity contribution in [3.8, 4) is 11.1 Å². The monoisotopic (exact) mass is 804 g/mol. The molecule has 0 amide bonds. The predicted octanol–water partition coefficient (Wildman–Crippen LogP) is 5.91. The van der Waals surface area contributed by atoms with Gasteiger partial charge in [-0.3, -0.25) is 0 Å². The van der Waals surface area contributed by atoms with Gasteiger partial charge in [0.05, 0.1) is 0 Å². The maximum absolute atomic E-state index is 12.5. The third kappa shape index (κ3) is 11.3. The van der Waals surface area contributed by atoms with E-state index in [0.29, 0.717) is 14.3 Å². The van der Waals surface area contributed by atoms with Crippen molar-refractivity contribution in [2.45, 2.75) is 71.1 Å². The third-order valence-corrected chi connectivity index (χ3v) is 9.44. The van der Waals surface area contributed by atoms with Gasteiger partial charge in [0.25, 0.3) is 0 Å². The largest absolute Gasteiger partial charge is 1.00 e. The van der Waals surface area contributed by atoms with Crippen LogP contribution in [-0.2, 0) is 53.8 Å². The van der Waals surface area contributed by atoms with Crippen molar-refractivity contribution >= 4 is 3.21 Å². The SMILES string of the molecule is CC(C)(C)c1[c-]c2c(cc1)-c1ccc(C(C)(C)C)cc1C2.FC(F)(F)c1ccc([C](=[Zr+2])c2ccc(C(F)(F)F)cc2)cc1.[Cl-].[Cl-].c1cc[cH-]c1. The van der Waals surface area contributed by atoms with Crippen molar-refractivity contribution in [2.24, 2.45) is 0 Å². The molecule has 1 aliphatic carbocycles. The Bertz CT molecular complexity index is 1690. The minimum absolute atomic E-state index is 0. The fourth-order valence-electron chi connectivity index (χ4n) is 5.17. The number of rotatable bonds is 2. The van der Waals surface area contributed by atoms with Gasteiger partial charge in [-0.2, -0.15) is 42.0 Å². The summed E-state index contributed by atoms with van der Waals surface area (Å²) in [6.45, 7) is 13.6. The van der Waals surface area contributed by atoms with Gasteiger partial charge in [-0.25, -0.2) is 12.1 Å². The summed E-state index contributed by atoms with van der Waals surface area (Å²) >= 11 is 0.898. The number of fused-ring (bicyclic) bond motifs is 3. The molecule has 264 valence electrons. The second-order valence-electron chi connectivity index (χ2n) is 13.8. The fraction of sp³-hybridized carbons (Fsp3) is 0.268. The Labute approximate surface area is 318 Å². The topological polar surface area (TPSA) is 0 Å². The van der Waals surface area contributed by atoms with Gasteiger partial charge in [0.15, 0.2) is 0 Å². The molecule has 9 heteroatoms. The summed E-state index contributed by atoms with van der Waals surface area (Å²) in [5, 5.41) is 0. The quantitative estimate of drug-likeness (QED) is 0.151. The van der Waals surface area contributed by atoms with Crippen LogP contribution in [0.1, 0.15) is 86.1 Å². The first-order valence-electron chi connectivity index (χ1n) is 15.5. The maximum Gasteiger partial charge on any atom is -0.172 e. The Kier molecular flexibility index (Phi) is 14.8. The van der Waals surface area contributed by atoms with E-state index in [2.05, 4.69) is 77.9 Å².